The van der Waals surface area contributed by atoms with Crippen molar-refractivity contribution in [1.29, 1.82) is 0 Å². The van der Waals surface area contributed by atoms with Gasteiger partial charge in [-0.2, -0.15) is 13.2 Å². The van der Waals surface area contributed by atoms with Crippen LogP contribution in [0.4, 0.5) is 52.7 Å². The predicted molar refractivity (Wildman–Crippen MR) is 128 cm³/mol. The van der Waals surface area contributed by atoms with E-state index in [1.54, 1.807) is 0 Å². The van der Waals surface area contributed by atoms with Crippen molar-refractivity contribution in [3.05, 3.63) is 57.7 Å². The Balaban J connectivity index is 0.000000464. The summed E-state index contributed by atoms with van der Waals surface area (Å²) in [7, 11) is 0.534. The van der Waals surface area contributed by atoms with Crippen LogP contribution in [0.3, 0.4) is 0 Å². The van der Waals surface area contributed by atoms with E-state index in [0.29, 0.717) is 15.5 Å². The third kappa shape index (κ3) is 8.51. The largest absolute Gasteiger partial charge is 0.419 e. The zero-order valence-corrected chi connectivity index (χ0v) is 22.6. The van der Waals surface area contributed by atoms with Crippen LogP contribution in [0.15, 0.2) is 0 Å². The van der Waals surface area contributed by atoms with Crippen molar-refractivity contribution in [2.75, 3.05) is 12.6 Å². The molecular weight excluding hydrogens is 571 g/mol. The summed E-state index contributed by atoms with van der Waals surface area (Å²) in [4.78, 5) is 0. The molecule has 0 saturated heterocycles. The lowest BCUT2D eigenvalue weighted by Crippen LogP contribution is -2.17. The Morgan fingerprint density at radius 3 is 1.59 bits per heavy atom. The van der Waals surface area contributed by atoms with Gasteiger partial charge >= 0.3 is 6.18 Å². The average Bonchev–Trinajstić information content (AvgIpc) is 2.88. The molecule has 13 heteroatoms. The first kappa shape index (κ1) is 35.1. The van der Waals surface area contributed by atoms with Gasteiger partial charge in [0.05, 0.1) is 5.56 Å². The number of rotatable bonds is 10. The summed E-state index contributed by atoms with van der Waals surface area (Å²) in [5.41, 5.74) is -8.45. The van der Waals surface area contributed by atoms with Gasteiger partial charge in [-0.05, 0) is 30.5 Å². The van der Waals surface area contributed by atoms with Gasteiger partial charge in [-0.15, -0.1) is 0 Å². The molecule has 2 aromatic rings. The van der Waals surface area contributed by atoms with E-state index in [0.717, 1.165) is 18.0 Å². The molecule has 0 fully saturated rings. The molecule has 0 aliphatic heterocycles. The molecule has 0 nitrogen and oxygen atoms in total. The fourth-order valence-electron chi connectivity index (χ4n) is 4.06. The van der Waals surface area contributed by atoms with Crippen LogP contribution in [0.1, 0.15) is 64.0 Å². The van der Waals surface area contributed by atoms with E-state index in [-0.39, 0.29) is 6.42 Å². The number of halogens is 12. The maximum atomic E-state index is 13.8. The third-order valence-electron chi connectivity index (χ3n) is 6.23. The SMILES string of the molecule is CCCC(CC)CCC(C)CPCF.Cc1c(F)c(F)c(F)c(C(F)(F)F)c1-c1c(F)c(F)c(F)c(F)c1F. The maximum absolute atomic E-state index is 13.8. The van der Waals surface area contributed by atoms with E-state index in [4.69, 9.17) is 0 Å². The van der Waals surface area contributed by atoms with Crippen LogP contribution in [-0.4, -0.2) is 12.6 Å². The van der Waals surface area contributed by atoms with E-state index < -0.39 is 75.0 Å². The quantitative estimate of drug-likeness (QED) is 0.110. The van der Waals surface area contributed by atoms with E-state index in [1.165, 1.54) is 32.1 Å². The zero-order chi connectivity index (χ0) is 30.2. The van der Waals surface area contributed by atoms with E-state index in [9.17, 15) is 52.7 Å². The first-order valence-electron chi connectivity index (χ1n) is 12.1. The Labute approximate surface area is 221 Å². The minimum absolute atomic E-state index is 0.115. The highest BCUT2D eigenvalue weighted by atomic mass is 31.1. The molecule has 39 heavy (non-hydrogen) atoms. The fourth-order valence-corrected chi connectivity index (χ4v) is 4.87. The summed E-state index contributed by atoms with van der Waals surface area (Å²) in [6.07, 6.45) is 1.78. The molecule has 2 aromatic carbocycles. The predicted octanol–water partition coefficient (Wildman–Crippen LogP) is 10.6. The van der Waals surface area contributed by atoms with Crippen molar-refractivity contribution < 1.29 is 52.7 Å². The van der Waals surface area contributed by atoms with Gasteiger partial charge in [0.1, 0.15) is 12.0 Å². The van der Waals surface area contributed by atoms with Crippen molar-refractivity contribution in [3.8, 4) is 11.1 Å². The Hall–Kier alpha value is -1.97. The van der Waals surface area contributed by atoms with Crippen LogP contribution < -0.4 is 0 Å². The first-order valence-corrected chi connectivity index (χ1v) is 13.5. The summed E-state index contributed by atoms with van der Waals surface area (Å²) in [5.74, 6) is -19.6. The Morgan fingerprint density at radius 2 is 1.15 bits per heavy atom. The zero-order valence-electron chi connectivity index (χ0n) is 21.6. The molecule has 0 spiro atoms. The molecule has 222 valence electrons. The second kappa shape index (κ2) is 15.1. The molecule has 3 unspecified atom stereocenters. The van der Waals surface area contributed by atoms with Gasteiger partial charge in [-0.25, -0.2) is 39.5 Å². The lowest BCUT2D eigenvalue weighted by atomic mass is 9.92. The summed E-state index contributed by atoms with van der Waals surface area (Å²) in [6.45, 7) is 7.17. The van der Waals surface area contributed by atoms with Gasteiger partial charge < -0.3 is 0 Å². The highest BCUT2D eigenvalue weighted by Gasteiger charge is 2.43. The smallest absolute Gasteiger partial charge is 0.246 e. The second-order valence-corrected chi connectivity index (χ2v) is 10.3. The van der Waals surface area contributed by atoms with Crippen LogP contribution in [0.25, 0.3) is 11.1 Å². The highest BCUT2D eigenvalue weighted by Crippen LogP contribution is 2.45. The molecule has 0 aromatic heterocycles. The van der Waals surface area contributed by atoms with E-state index in [1.807, 2.05) is 0 Å². The number of alkyl halides is 4. The van der Waals surface area contributed by atoms with E-state index >= 15 is 0 Å². The molecular formula is C26H29F12P. The molecule has 0 bridgehead atoms. The van der Waals surface area contributed by atoms with Gasteiger partial charge in [0, 0.05) is 5.56 Å². The molecule has 3 atom stereocenters. The van der Waals surface area contributed by atoms with Crippen molar-refractivity contribution >= 4 is 8.58 Å². The maximum Gasteiger partial charge on any atom is 0.419 e. The van der Waals surface area contributed by atoms with Gasteiger partial charge in [0.2, 0.25) is 5.82 Å². The normalized spacial score (nSPS) is 13.5. The van der Waals surface area contributed by atoms with Crippen LogP contribution in [0, 0.1) is 65.3 Å². The van der Waals surface area contributed by atoms with Crippen LogP contribution in [0.2, 0.25) is 0 Å². The van der Waals surface area contributed by atoms with Crippen molar-refractivity contribution in [1.82, 2.24) is 0 Å². The standard InChI is InChI=1S/C14H3F11.C12H26FP/c1-2-3(4-7(16)11(20)13(22)12(21)8(4)17)5(14(23,24)25)9(18)10(19)6(2)15;1-4-6-12(5-2)8-7-11(3)9-14-10-13/h1H3;11-12,14H,4-10H2,1-3H3. The highest BCUT2D eigenvalue weighted by molar-refractivity contribution is 7.37. The van der Waals surface area contributed by atoms with Crippen molar-refractivity contribution in [2.45, 2.75) is 66.0 Å². The summed E-state index contributed by atoms with van der Waals surface area (Å²) in [6, 6.07) is 0. The summed E-state index contributed by atoms with van der Waals surface area (Å²) >= 11 is 0. The fraction of sp³-hybridized carbons (Fsp3) is 0.538. The molecule has 0 amide bonds. The molecule has 0 aliphatic carbocycles. The average molecular weight is 600 g/mol. The summed E-state index contributed by atoms with van der Waals surface area (Å²) < 4.78 is 158. The molecule has 0 N–H and O–H groups in total. The molecule has 0 aliphatic rings. The Bertz CT molecular complexity index is 1080. The van der Waals surface area contributed by atoms with Gasteiger partial charge in [-0.1, -0.05) is 61.5 Å². The Morgan fingerprint density at radius 1 is 0.667 bits per heavy atom. The first-order chi connectivity index (χ1) is 18.1. The van der Waals surface area contributed by atoms with Crippen molar-refractivity contribution in [2.24, 2.45) is 11.8 Å². The lowest BCUT2D eigenvalue weighted by molar-refractivity contribution is -0.139. The second-order valence-electron chi connectivity index (χ2n) is 9.09. The van der Waals surface area contributed by atoms with Crippen LogP contribution >= 0.6 is 8.58 Å². The lowest BCUT2D eigenvalue weighted by Gasteiger charge is -2.19. The topological polar surface area (TPSA) is 0 Å². The monoisotopic (exact) mass is 600 g/mol. The van der Waals surface area contributed by atoms with Crippen LogP contribution in [-0.2, 0) is 6.18 Å². The number of hydrogen-bond donors (Lipinski definition) is 0. The number of hydrogen-bond acceptors (Lipinski definition) is 0. The van der Waals surface area contributed by atoms with Gasteiger partial charge in [0.15, 0.2) is 40.7 Å². The minimum atomic E-state index is -5.83. The molecule has 0 heterocycles. The van der Waals surface area contributed by atoms with Crippen LogP contribution in [0.5, 0.6) is 0 Å². The molecule has 2 rings (SSSR count). The van der Waals surface area contributed by atoms with Gasteiger partial charge in [0.25, 0.3) is 0 Å². The minimum Gasteiger partial charge on any atom is -0.246 e. The van der Waals surface area contributed by atoms with Gasteiger partial charge in [-0.3, -0.25) is 0 Å². The number of benzene rings is 2. The molecule has 0 radical (unpaired) electrons. The summed E-state index contributed by atoms with van der Waals surface area (Å²) in [5, 5.41) is 0. The Kier molecular flexibility index (Phi) is 13.6. The van der Waals surface area contributed by atoms with E-state index in [2.05, 4.69) is 20.8 Å². The molecule has 0 saturated carbocycles. The third-order valence-corrected chi connectivity index (χ3v) is 7.41. The van der Waals surface area contributed by atoms with Crippen molar-refractivity contribution in [3.63, 3.8) is 0 Å².